The van der Waals surface area contributed by atoms with E-state index in [1.165, 1.54) is 11.6 Å². The van der Waals surface area contributed by atoms with Gasteiger partial charge in [-0.25, -0.2) is 4.68 Å². The Hall–Kier alpha value is -3.02. The minimum atomic E-state index is -0.176. The van der Waals surface area contributed by atoms with Crippen molar-refractivity contribution in [3.8, 4) is 5.69 Å². The van der Waals surface area contributed by atoms with Gasteiger partial charge >= 0.3 is 0 Å². The number of carbonyl (C=O) groups is 1. The Morgan fingerprint density at radius 3 is 2.57 bits per heavy atom. The number of allylic oxidation sites excluding steroid dienone is 1. The van der Waals surface area contributed by atoms with Gasteiger partial charge in [-0.3, -0.25) is 9.48 Å². The minimum absolute atomic E-state index is 0.176. The predicted octanol–water partition coefficient (Wildman–Crippen LogP) is 2.51. The van der Waals surface area contributed by atoms with Crippen molar-refractivity contribution in [1.82, 2.24) is 24.8 Å². The lowest BCUT2D eigenvalue weighted by Gasteiger charge is -2.03. The molecule has 1 aromatic carbocycles. The van der Waals surface area contributed by atoms with Crippen LogP contribution in [0.3, 0.4) is 0 Å². The van der Waals surface area contributed by atoms with Gasteiger partial charge in [-0.15, -0.1) is 5.10 Å². The van der Waals surface area contributed by atoms with Crippen molar-refractivity contribution in [1.29, 1.82) is 0 Å². The van der Waals surface area contributed by atoms with E-state index in [2.05, 4.69) is 15.4 Å². The molecule has 0 N–H and O–H groups in total. The molecule has 0 radical (unpaired) electrons. The number of benzene rings is 1. The van der Waals surface area contributed by atoms with E-state index in [-0.39, 0.29) is 5.78 Å². The van der Waals surface area contributed by atoms with Crippen LogP contribution < -0.4 is 0 Å². The van der Waals surface area contributed by atoms with E-state index in [4.69, 9.17) is 0 Å². The molecule has 23 heavy (non-hydrogen) atoms. The fourth-order valence-electron chi connectivity index (χ4n) is 2.27. The summed E-state index contributed by atoms with van der Waals surface area (Å²) in [5.41, 5.74) is 3.99. The summed E-state index contributed by atoms with van der Waals surface area (Å²) >= 11 is 0. The molecule has 0 aliphatic heterocycles. The normalized spacial score (nSPS) is 11.3. The van der Waals surface area contributed by atoms with Gasteiger partial charge in [0.25, 0.3) is 0 Å². The Labute approximate surface area is 134 Å². The van der Waals surface area contributed by atoms with Gasteiger partial charge in [0.1, 0.15) is 0 Å². The Kier molecular flexibility index (Phi) is 3.89. The monoisotopic (exact) mass is 307 g/mol. The summed E-state index contributed by atoms with van der Waals surface area (Å²) < 4.78 is 3.35. The zero-order chi connectivity index (χ0) is 16.4. The van der Waals surface area contributed by atoms with Crippen molar-refractivity contribution in [3.05, 3.63) is 65.2 Å². The highest BCUT2D eigenvalue weighted by Crippen LogP contribution is 2.14. The van der Waals surface area contributed by atoms with Gasteiger partial charge < -0.3 is 0 Å². The molecule has 6 nitrogen and oxygen atoms in total. The summed E-state index contributed by atoms with van der Waals surface area (Å²) in [5, 5.41) is 12.2. The molecule has 0 saturated heterocycles. The summed E-state index contributed by atoms with van der Waals surface area (Å²) in [6.07, 6.45) is 6.74. The molecule has 0 saturated carbocycles. The molecule has 0 unspecified atom stereocenters. The lowest BCUT2D eigenvalue weighted by atomic mass is 10.2. The highest BCUT2D eigenvalue weighted by atomic mass is 16.1. The number of aryl methyl sites for hydroxylation is 2. The van der Waals surface area contributed by atoms with E-state index in [9.17, 15) is 4.79 Å². The van der Waals surface area contributed by atoms with Gasteiger partial charge in [0.15, 0.2) is 5.69 Å². The maximum Gasteiger partial charge on any atom is 0.208 e. The van der Waals surface area contributed by atoms with Crippen LogP contribution in [-0.4, -0.2) is 30.6 Å². The average molecular weight is 307 g/mol. The van der Waals surface area contributed by atoms with Crippen molar-refractivity contribution in [2.45, 2.75) is 13.8 Å². The first-order valence-electron chi connectivity index (χ1n) is 7.25. The molecular formula is C17H17N5O. The van der Waals surface area contributed by atoms with Crippen molar-refractivity contribution >= 4 is 11.9 Å². The molecule has 0 amide bonds. The number of aromatic nitrogens is 5. The molecule has 3 aromatic rings. The maximum atomic E-state index is 12.3. The Morgan fingerprint density at radius 2 is 1.91 bits per heavy atom. The molecule has 0 aliphatic carbocycles. The lowest BCUT2D eigenvalue weighted by Crippen LogP contribution is -2.01. The second kappa shape index (κ2) is 6.00. The Morgan fingerprint density at radius 1 is 1.17 bits per heavy atom. The third kappa shape index (κ3) is 3.11. The van der Waals surface area contributed by atoms with E-state index in [0.717, 1.165) is 16.9 Å². The summed E-state index contributed by atoms with van der Waals surface area (Å²) in [6.45, 7) is 3.86. The van der Waals surface area contributed by atoms with E-state index in [1.54, 1.807) is 21.6 Å². The molecule has 2 aromatic heterocycles. The van der Waals surface area contributed by atoms with Gasteiger partial charge in [-0.05, 0) is 38.1 Å². The maximum absolute atomic E-state index is 12.3. The number of carbonyl (C=O) groups excluding carboxylic acids is 1. The molecule has 116 valence electrons. The van der Waals surface area contributed by atoms with Crippen LogP contribution in [0.15, 0.2) is 42.7 Å². The Bertz CT molecular complexity index is 871. The molecule has 3 rings (SSSR count). The topological polar surface area (TPSA) is 65.6 Å². The summed E-state index contributed by atoms with van der Waals surface area (Å²) in [7, 11) is 1.83. The number of ketones is 1. The van der Waals surface area contributed by atoms with Crippen molar-refractivity contribution in [2.24, 2.45) is 7.05 Å². The number of hydrogen-bond acceptors (Lipinski definition) is 4. The van der Waals surface area contributed by atoms with Gasteiger partial charge in [0.2, 0.25) is 5.78 Å². The van der Waals surface area contributed by atoms with E-state index in [0.29, 0.717) is 5.69 Å². The first kappa shape index (κ1) is 14.9. The van der Waals surface area contributed by atoms with Crippen molar-refractivity contribution in [3.63, 3.8) is 0 Å². The molecule has 0 aliphatic rings. The van der Waals surface area contributed by atoms with Crippen LogP contribution in [0.4, 0.5) is 0 Å². The number of rotatable bonds is 4. The first-order valence-corrected chi connectivity index (χ1v) is 7.25. The second-order valence-electron chi connectivity index (χ2n) is 5.42. The molecule has 0 bridgehead atoms. The minimum Gasteiger partial charge on any atom is -0.287 e. The average Bonchev–Trinajstić information content (AvgIpc) is 3.12. The van der Waals surface area contributed by atoms with Crippen LogP contribution in [0.1, 0.15) is 27.3 Å². The molecule has 0 fully saturated rings. The Balaban J connectivity index is 1.85. The van der Waals surface area contributed by atoms with Crippen LogP contribution in [0.2, 0.25) is 0 Å². The largest absolute Gasteiger partial charge is 0.287 e. The van der Waals surface area contributed by atoms with Crippen LogP contribution in [0.5, 0.6) is 0 Å². The molecular weight excluding hydrogens is 290 g/mol. The van der Waals surface area contributed by atoms with Crippen LogP contribution in [0.25, 0.3) is 11.8 Å². The van der Waals surface area contributed by atoms with Crippen molar-refractivity contribution in [2.75, 3.05) is 0 Å². The first-order chi connectivity index (χ1) is 11.0. The number of nitrogens with zero attached hydrogens (tertiary/aromatic N) is 5. The van der Waals surface area contributed by atoms with E-state index < -0.39 is 0 Å². The van der Waals surface area contributed by atoms with E-state index >= 15 is 0 Å². The van der Waals surface area contributed by atoms with E-state index in [1.807, 2.05) is 51.4 Å². The van der Waals surface area contributed by atoms with Gasteiger partial charge in [-0.1, -0.05) is 22.9 Å². The lowest BCUT2D eigenvalue weighted by molar-refractivity contribution is 0.104. The van der Waals surface area contributed by atoms with Gasteiger partial charge in [0.05, 0.1) is 17.6 Å². The van der Waals surface area contributed by atoms with Crippen LogP contribution in [0, 0.1) is 13.8 Å². The highest BCUT2D eigenvalue weighted by Gasteiger charge is 2.15. The SMILES string of the molecule is Cc1ccc(-n2nnc(C(=O)/C=C/c3cnn(C)c3)c2C)cc1. The zero-order valence-electron chi connectivity index (χ0n) is 13.3. The standard InChI is InChI=1S/C17H17N5O/c1-12-4-7-15(8-5-12)22-13(2)17(19-20-22)16(23)9-6-14-10-18-21(3)11-14/h4-11H,1-3H3/b9-6+. The fraction of sp³-hybridized carbons (Fsp3) is 0.176. The highest BCUT2D eigenvalue weighted by molar-refractivity contribution is 6.06. The summed E-state index contributed by atoms with van der Waals surface area (Å²) in [6, 6.07) is 7.91. The molecule has 6 heteroatoms. The summed E-state index contributed by atoms with van der Waals surface area (Å²) in [4.78, 5) is 12.3. The summed E-state index contributed by atoms with van der Waals surface area (Å²) in [5.74, 6) is -0.176. The van der Waals surface area contributed by atoms with Gasteiger partial charge in [0, 0.05) is 18.8 Å². The van der Waals surface area contributed by atoms with Crippen molar-refractivity contribution < 1.29 is 4.79 Å². The van der Waals surface area contributed by atoms with Gasteiger partial charge in [-0.2, -0.15) is 5.10 Å². The van der Waals surface area contributed by atoms with Crippen LogP contribution in [-0.2, 0) is 7.05 Å². The molecule has 2 heterocycles. The molecule has 0 atom stereocenters. The predicted molar refractivity (Wildman–Crippen MR) is 87.4 cm³/mol. The van der Waals surface area contributed by atoms with Crippen LogP contribution >= 0.6 is 0 Å². The third-order valence-electron chi connectivity index (χ3n) is 3.56. The fourth-order valence-corrected chi connectivity index (χ4v) is 2.27. The quantitative estimate of drug-likeness (QED) is 0.549. The second-order valence-corrected chi connectivity index (χ2v) is 5.42. The number of hydrogen-bond donors (Lipinski definition) is 0. The molecule has 0 spiro atoms. The smallest absolute Gasteiger partial charge is 0.208 e. The third-order valence-corrected chi connectivity index (χ3v) is 3.56. The zero-order valence-corrected chi connectivity index (χ0v) is 13.3.